The first kappa shape index (κ1) is 14.5. The van der Waals surface area contributed by atoms with Gasteiger partial charge in [-0.05, 0) is 25.1 Å². The van der Waals surface area contributed by atoms with E-state index in [2.05, 4.69) is 20.9 Å². The topological polar surface area (TPSA) is 65.2 Å². The lowest BCUT2D eigenvalue weighted by atomic mass is 10.1. The molecule has 6 heteroatoms. The molecule has 0 amide bonds. The maximum Gasteiger partial charge on any atom is 0.163 e. The fraction of sp³-hybridized carbons (Fsp3) is 0.143. The Morgan fingerprint density at radius 1 is 1.40 bits per heavy atom. The second-order valence-corrected chi connectivity index (χ2v) is 5.14. The van der Waals surface area contributed by atoms with E-state index in [-0.39, 0.29) is 12.4 Å². The molecular formula is C14H12BrFN2O2. The number of ketones is 1. The van der Waals surface area contributed by atoms with Gasteiger partial charge >= 0.3 is 0 Å². The van der Waals surface area contributed by atoms with Crippen LogP contribution in [0.3, 0.4) is 0 Å². The zero-order chi connectivity index (χ0) is 14.7. The lowest BCUT2D eigenvalue weighted by Crippen LogP contribution is -2.05. The number of rotatable bonds is 4. The van der Waals surface area contributed by atoms with E-state index in [1.165, 1.54) is 19.2 Å². The molecule has 104 valence electrons. The summed E-state index contributed by atoms with van der Waals surface area (Å²) in [6.45, 7) is 1.51. The number of pyridine rings is 1. The van der Waals surface area contributed by atoms with Crippen LogP contribution < -0.4 is 10.5 Å². The second kappa shape index (κ2) is 6.00. The van der Waals surface area contributed by atoms with E-state index in [4.69, 9.17) is 10.5 Å². The van der Waals surface area contributed by atoms with Crippen molar-refractivity contribution in [2.24, 2.45) is 0 Å². The van der Waals surface area contributed by atoms with E-state index in [1.54, 1.807) is 12.1 Å². The van der Waals surface area contributed by atoms with Crippen LogP contribution in [0, 0.1) is 5.82 Å². The number of nitrogens with two attached hydrogens (primary N) is 1. The number of hydrogen-bond acceptors (Lipinski definition) is 4. The quantitative estimate of drug-likeness (QED) is 0.685. The Balaban J connectivity index is 2.27. The summed E-state index contributed by atoms with van der Waals surface area (Å²) in [6, 6.07) is 4.60. The SMILES string of the molecule is CC(=O)c1cc(Br)cc(N)c1OCc1cncc(F)c1. The van der Waals surface area contributed by atoms with Gasteiger partial charge in [-0.2, -0.15) is 0 Å². The van der Waals surface area contributed by atoms with Gasteiger partial charge in [0.1, 0.15) is 12.4 Å². The normalized spacial score (nSPS) is 10.3. The Hall–Kier alpha value is -1.95. The van der Waals surface area contributed by atoms with Crippen LogP contribution in [0.25, 0.3) is 0 Å². The molecule has 0 aliphatic heterocycles. The standard InChI is InChI=1S/C14H12BrFN2O2/c1-8(19)12-3-10(15)4-13(17)14(12)20-7-9-2-11(16)6-18-5-9/h2-6H,7,17H2,1H3. The zero-order valence-corrected chi connectivity index (χ0v) is 12.3. The number of carbonyl (C=O) groups is 1. The van der Waals surface area contributed by atoms with Crippen LogP contribution in [0.2, 0.25) is 0 Å². The molecule has 0 unspecified atom stereocenters. The third-order valence-electron chi connectivity index (χ3n) is 2.61. The number of aromatic nitrogens is 1. The zero-order valence-electron chi connectivity index (χ0n) is 10.7. The highest BCUT2D eigenvalue weighted by Crippen LogP contribution is 2.31. The van der Waals surface area contributed by atoms with Crippen molar-refractivity contribution in [2.45, 2.75) is 13.5 Å². The molecule has 20 heavy (non-hydrogen) atoms. The van der Waals surface area contributed by atoms with Crippen molar-refractivity contribution in [3.8, 4) is 5.75 Å². The van der Waals surface area contributed by atoms with Gasteiger partial charge in [0, 0.05) is 16.2 Å². The van der Waals surface area contributed by atoms with E-state index < -0.39 is 5.82 Å². The first-order valence-corrected chi connectivity index (χ1v) is 6.59. The first-order chi connectivity index (χ1) is 9.47. The number of anilines is 1. The van der Waals surface area contributed by atoms with Gasteiger partial charge in [-0.25, -0.2) is 4.39 Å². The summed E-state index contributed by atoms with van der Waals surface area (Å²) < 4.78 is 19.3. The summed E-state index contributed by atoms with van der Waals surface area (Å²) in [5.41, 5.74) is 7.13. The van der Waals surface area contributed by atoms with Gasteiger partial charge in [0.25, 0.3) is 0 Å². The number of nitrogens with zero attached hydrogens (tertiary/aromatic N) is 1. The van der Waals surface area contributed by atoms with Crippen LogP contribution >= 0.6 is 15.9 Å². The highest BCUT2D eigenvalue weighted by molar-refractivity contribution is 9.10. The molecule has 1 aromatic heterocycles. The maximum atomic E-state index is 13.0. The van der Waals surface area contributed by atoms with Crippen LogP contribution in [-0.2, 0) is 6.61 Å². The monoisotopic (exact) mass is 338 g/mol. The number of ether oxygens (including phenoxy) is 1. The number of hydrogen-bond donors (Lipinski definition) is 1. The van der Waals surface area contributed by atoms with Crippen LogP contribution in [-0.4, -0.2) is 10.8 Å². The molecule has 0 aliphatic rings. The molecular weight excluding hydrogens is 327 g/mol. The molecule has 2 aromatic rings. The summed E-state index contributed by atoms with van der Waals surface area (Å²) in [6.07, 6.45) is 2.60. The van der Waals surface area contributed by atoms with Crippen molar-refractivity contribution in [3.63, 3.8) is 0 Å². The van der Waals surface area contributed by atoms with E-state index in [1.807, 2.05) is 0 Å². The van der Waals surface area contributed by atoms with Crippen LogP contribution in [0.1, 0.15) is 22.8 Å². The Kier molecular flexibility index (Phi) is 4.34. The Morgan fingerprint density at radius 3 is 2.80 bits per heavy atom. The van der Waals surface area contributed by atoms with Crippen molar-refractivity contribution >= 4 is 27.4 Å². The number of benzene rings is 1. The Bertz CT molecular complexity index is 662. The maximum absolute atomic E-state index is 13.0. The van der Waals surface area contributed by atoms with Gasteiger partial charge in [-0.15, -0.1) is 0 Å². The van der Waals surface area contributed by atoms with Crippen molar-refractivity contribution in [1.82, 2.24) is 4.98 Å². The summed E-state index contributed by atoms with van der Waals surface area (Å²) in [7, 11) is 0. The van der Waals surface area contributed by atoms with Crippen LogP contribution in [0.15, 0.2) is 35.1 Å². The highest BCUT2D eigenvalue weighted by Gasteiger charge is 2.14. The van der Waals surface area contributed by atoms with E-state index in [0.717, 1.165) is 6.20 Å². The fourth-order valence-electron chi connectivity index (χ4n) is 1.73. The molecule has 2 N–H and O–H groups in total. The predicted octanol–water partition coefficient (Wildman–Crippen LogP) is 3.35. The number of nitrogen functional groups attached to an aromatic ring is 1. The molecule has 1 aromatic carbocycles. The molecule has 0 radical (unpaired) electrons. The van der Waals surface area contributed by atoms with Crippen LogP contribution in [0.4, 0.5) is 10.1 Å². The van der Waals surface area contributed by atoms with Crippen molar-refractivity contribution in [3.05, 3.63) is 52.0 Å². The van der Waals surface area contributed by atoms with E-state index in [0.29, 0.717) is 27.0 Å². The number of carbonyl (C=O) groups excluding carboxylic acids is 1. The van der Waals surface area contributed by atoms with E-state index >= 15 is 0 Å². The lowest BCUT2D eigenvalue weighted by Gasteiger charge is -2.13. The molecule has 0 spiro atoms. The molecule has 1 heterocycles. The molecule has 0 bridgehead atoms. The number of Topliss-reactive ketones (excluding diaryl/α,β-unsaturated/α-hetero) is 1. The van der Waals surface area contributed by atoms with Gasteiger partial charge in [0.05, 0.1) is 17.4 Å². The highest BCUT2D eigenvalue weighted by atomic mass is 79.9. The van der Waals surface area contributed by atoms with Crippen LogP contribution in [0.5, 0.6) is 5.75 Å². The Morgan fingerprint density at radius 2 is 2.15 bits per heavy atom. The Labute approximate surface area is 123 Å². The minimum Gasteiger partial charge on any atom is -0.486 e. The first-order valence-electron chi connectivity index (χ1n) is 5.79. The van der Waals surface area contributed by atoms with Crippen molar-refractivity contribution < 1.29 is 13.9 Å². The van der Waals surface area contributed by atoms with Gasteiger partial charge in [0.15, 0.2) is 11.5 Å². The molecule has 0 saturated heterocycles. The fourth-order valence-corrected chi connectivity index (χ4v) is 2.20. The largest absolute Gasteiger partial charge is 0.486 e. The molecule has 0 saturated carbocycles. The molecule has 0 fully saturated rings. The second-order valence-electron chi connectivity index (χ2n) is 4.23. The molecule has 4 nitrogen and oxygen atoms in total. The predicted molar refractivity (Wildman–Crippen MR) is 77.1 cm³/mol. The van der Waals surface area contributed by atoms with Gasteiger partial charge in [0.2, 0.25) is 0 Å². The average molecular weight is 339 g/mol. The summed E-state index contributed by atoms with van der Waals surface area (Å²) in [4.78, 5) is 15.3. The third-order valence-corrected chi connectivity index (χ3v) is 3.06. The van der Waals surface area contributed by atoms with Gasteiger partial charge in [-0.1, -0.05) is 15.9 Å². The smallest absolute Gasteiger partial charge is 0.163 e. The van der Waals surface area contributed by atoms with Gasteiger partial charge < -0.3 is 10.5 Å². The summed E-state index contributed by atoms with van der Waals surface area (Å²) in [5.74, 6) is -0.308. The molecule has 0 atom stereocenters. The molecule has 0 aliphatic carbocycles. The minimum absolute atomic E-state index is 0.0802. The molecule has 2 rings (SSSR count). The van der Waals surface area contributed by atoms with Crippen molar-refractivity contribution in [2.75, 3.05) is 5.73 Å². The minimum atomic E-state index is -0.443. The van der Waals surface area contributed by atoms with Gasteiger partial charge in [-0.3, -0.25) is 9.78 Å². The third kappa shape index (κ3) is 3.33. The summed E-state index contributed by atoms with van der Waals surface area (Å²) in [5, 5.41) is 0. The number of halogens is 2. The summed E-state index contributed by atoms with van der Waals surface area (Å²) >= 11 is 3.27. The van der Waals surface area contributed by atoms with E-state index in [9.17, 15) is 9.18 Å². The van der Waals surface area contributed by atoms with Crippen molar-refractivity contribution in [1.29, 1.82) is 0 Å². The lowest BCUT2D eigenvalue weighted by molar-refractivity contribution is 0.101. The average Bonchev–Trinajstić information content (AvgIpc) is 2.36.